The number of nitrogens with two attached hydrogens (primary N) is 1. The summed E-state index contributed by atoms with van der Waals surface area (Å²) in [6.07, 6.45) is 2.19. The lowest BCUT2D eigenvalue weighted by atomic mass is 9.84. The zero-order valence-electron chi connectivity index (χ0n) is 21.7. The summed E-state index contributed by atoms with van der Waals surface area (Å²) in [5, 5.41) is 1.02. The highest BCUT2D eigenvalue weighted by Gasteiger charge is 2.30. The van der Waals surface area contributed by atoms with Gasteiger partial charge >= 0.3 is 0 Å². The molecule has 0 atom stereocenters. The van der Waals surface area contributed by atoms with Crippen molar-refractivity contribution < 1.29 is 14.3 Å². The number of likely N-dealkylation sites (tertiary alicyclic amines) is 1. The third-order valence-electron chi connectivity index (χ3n) is 7.81. The molecule has 37 heavy (non-hydrogen) atoms. The average molecular weight is 525 g/mol. The second-order valence-corrected chi connectivity index (χ2v) is 10.2. The first-order chi connectivity index (χ1) is 17.4. The van der Waals surface area contributed by atoms with Gasteiger partial charge in [0.1, 0.15) is 12.2 Å². The Hall–Kier alpha value is -2.87. The summed E-state index contributed by atoms with van der Waals surface area (Å²) in [5.41, 5.74) is 12.4. The topological polar surface area (TPSA) is 80.8 Å². The van der Waals surface area contributed by atoms with E-state index in [1.165, 1.54) is 16.7 Å². The molecule has 7 nitrogen and oxygen atoms in total. The molecule has 0 aliphatic carbocycles. The second-order valence-electron chi connectivity index (χ2n) is 10.2. The molecule has 2 aliphatic heterocycles. The van der Waals surface area contributed by atoms with E-state index >= 15 is 0 Å². The number of benzene rings is 2. The smallest absolute Gasteiger partial charge is 0.271 e. The predicted octanol–water partition coefficient (Wildman–Crippen LogP) is 4.02. The van der Waals surface area contributed by atoms with Gasteiger partial charge in [-0.05, 0) is 68.5 Å². The number of amides is 2. The Bertz CT molecular complexity index is 1250. The maximum absolute atomic E-state index is 13.8. The molecule has 2 fully saturated rings. The molecule has 5 rings (SSSR count). The van der Waals surface area contributed by atoms with Gasteiger partial charge < -0.3 is 19.9 Å². The van der Waals surface area contributed by atoms with E-state index in [1.54, 1.807) is 0 Å². The van der Waals surface area contributed by atoms with Crippen LogP contribution < -0.4 is 5.73 Å². The fourth-order valence-corrected chi connectivity index (χ4v) is 6.09. The lowest BCUT2D eigenvalue weighted by Crippen LogP contribution is -2.42. The van der Waals surface area contributed by atoms with E-state index in [2.05, 4.69) is 43.0 Å². The van der Waals surface area contributed by atoms with E-state index in [4.69, 9.17) is 10.5 Å². The first-order valence-corrected chi connectivity index (χ1v) is 13.0. The Balaban J connectivity index is 0.00000320. The Kier molecular flexibility index (Phi) is 8.57. The Morgan fingerprint density at radius 1 is 0.946 bits per heavy atom. The van der Waals surface area contributed by atoms with Crippen LogP contribution in [0.1, 0.15) is 51.5 Å². The van der Waals surface area contributed by atoms with Gasteiger partial charge in [-0.15, -0.1) is 12.4 Å². The predicted molar refractivity (Wildman–Crippen MR) is 148 cm³/mol. The number of halogens is 1. The molecule has 2 amide bonds. The molecule has 2 N–H and O–H groups in total. The van der Waals surface area contributed by atoms with Gasteiger partial charge in [0, 0.05) is 36.1 Å². The number of aromatic nitrogens is 1. The molecule has 8 heteroatoms. The molecular formula is C29H37ClN4O3. The van der Waals surface area contributed by atoms with Crippen LogP contribution in [0.3, 0.4) is 0 Å². The van der Waals surface area contributed by atoms with Crippen LogP contribution in [0.25, 0.3) is 10.9 Å². The number of morpholine rings is 1. The molecule has 0 spiro atoms. The molecule has 0 saturated carbocycles. The van der Waals surface area contributed by atoms with E-state index in [9.17, 15) is 9.59 Å². The maximum Gasteiger partial charge on any atom is 0.271 e. The number of rotatable bonds is 6. The second kappa shape index (κ2) is 11.7. The van der Waals surface area contributed by atoms with Gasteiger partial charge in [0.05, 0.1) is 13.2 Å². The van der Waals surface area contributed by atoms with Crippen molar-refractivity contribution in [3.8, 4) is 0 Å². The number of carbonyl (C=O) groups is 2. The van der Waals surface area contributed by atoms with Gasteiger partial charge in [-0.3, -0.25) is 14.5 Å². The van der Waals surface area contributed by atoms with Crippen LogP contribution in [0.4, 0.5) is 0 Å². The molecule has 0 radical (unpaired) electrons. The lowest BCUT2D eigenvalue weighted by molar-refractivity contribution is -0.118. The first kappa shape index (κ1) is 27.2. The highest BCUT2D eigenvalue weighted by atomic mass is 35.5. The van der Waals surface area contributed by atoms with E-state index in [0.29, 0.717) is 44.5 Å². The summed E-state index contributed by atoms with van der Waals surface area (Å²) in [6, 6.07) is 14.5. The van der Waals surface area contributed by atoms with Crippen molar-refractivity contribution in [2.45, 2.75) is 45.7 Å². The third kappa shape index (κ3) is 5.54. The van der Waals surface area contributed by atoms with Gasteiger partial charge in [0.25, 0.3) is 5.91 Å². The number of carbonyl (C=O) groups excluding carboxylic acids is 2. The monoisotopic (exact) mass is 524 g/mol. The van der Waals surface area contributed by atoms with Gasteiger partial charge in [-0.2, -0.15) is 0 Å². The quantitative estimate of drug-likeness (QED) is 0.528. The van der Waals surface area contributed by atoms with Crippen LogP contribution in [0.2, 0.25) is 0 Å². The minimum atomic E-state index is -0.451. The lowest BCUT2D eigenvalue weighted by Gasteiger charge is -2.34. The standard InChI is InChI=1S/C29H36N4O3.ClH/c1-20-6-5-7-21(2)27(20)22-10-12-31(13-11-22)18-24-23-8-3-4-9-25(23)33(19-26(30)34)28(24)29(35)32-14-16-36-17-15-32;/h3-9,22H,10-19H2,1-2H3,(H2,30,34);1H. The molecule has 2 aliphatic rings. The van der Waals surface area contributed by atoms with Gasteiger partial charge in [-0.1, -0.05) is 36.4 Å². The largest absolute Gasteiger partial charge is 0.378 e. The molecule has 3 aromatic rings. The molecule has 0 unspecified atom stereocenters. The number of para-hydroxylation sites is 1. The van der Waals surface area contributed by atoms with E-state index in [-0.39, 0.29) is 24.9 Å². The molecule has 2 saturated heterocycles. The molecule has 1 aromatic heterocycles. The van der Waals surface area contributed by atoms with Crippen molar-refractivity contribution in [3.63, 3.8) is 0 Å². The SMILES string of the molecule is Cc1cccc(C)c1C1CCN(Cc2c(C(=O)N3CCOCC3)n(CC(N)=O)c3ccccc23)CC1.Cl. The van der Waals surface area contributed by atoms with Crippen molar-refractivity contribution in [2.75, 3.05) is 39.4 Å². The van der Waals surface area contributed by atoms with Crippen LogP contribution in [-0.2, 0) is 22.6 Å². The number of fused-ring (bicyclic) bond motifs is 1. The molecular weight excluding hydrogens is 488 g/mol. The van der Waals surface area contributed by atoms with E-state index in [1.807, 2.05) is 27.7 Å². The number of ether oxygens (including phenoxy) is 1. The van der Waals surface area contributed by atoms with Crippen molar-refractivity contribution in [1.29, 1.82) is 0 Å². The van der Waals surface area contributed by atoms with Crippen molar-refractivity contribution in [3.05, 3.63) is 70.4 Å². The van der Waals surface area contributed by atoms with Crippen LogP contribution in [0, 0.1) is 13.8 Å². The van der Waals surface area contributed by atoms with Crippen molar-refractivity contribution >= 4 is 35.1 Å². The normalized spacial score (nSPS) is 17.1. The van der Waals surface area contributed by atoms with Gasteiger partial charge in [0.15, 0.2) is 0 Å². The molecule has 0 bridgehead atoms. The number of hydrogen-bond donors (Lipinski definition) is 1. The summed E-state index contributed by atoms with van der Waals surface area (Å²) in [7, 11) is 0. The minimum Gasteiger partial charge on any atom is -0.378 e. The zero-order chi connectivity index (χ0) is 25.2. The number of primary amides is 1. The summed E-state index contributed by atoms with van der Waals surface area (Å²) in [4.78, 5) is 30.2. The summed E-state index contributed by atoms with van der Waals surface area (Å²) < 4.78 is 7.30. The first-order valence-electron chi connectivity index (χ1n) is 13.0. The van der Waals surface area contributed by atoms with Crippen LogP contribution in [-0.4, -0.2) is 65.6 Å². The van der Waals surface area contributed by atoms with Gasteiger partial charge in [0.2, 0.25) is 5.91 Å². The fourth-order valence-electron chi connectivity index (χ4n) is 6.09. The third-order valence-corrected chi connectivity index (χ3v) is 7.81. The number of aryl methyl sites for hydroxylation is 2. The average Bonchev–Trinajstić information content (AvgIpc) is 3.17. The number of nitrogens with zero attached hydrogens (tertiary/aromatic N) is 3. The summed E-state index contributed by atoms with van der Waals surface area (Å²) in [5.74, 6) is 0.0667. The van der Waals surface area contributed by atoms with E-state index < -0.39 is 5.91 Å². The molecule has 3 heterocycles. The number of hydrogen-bond acceptors (Lipinski definition) is 4. The Morgan fingerprint density at radius 2 is 1.59 bits per heavy atom. The highest BCUT2D eigenvalue weighted by Crippen LogP contribution is 2.35. The van der Waals surface area contributed by atoms with Gasteiger partial charge in [-0.25, -0.2) is 0 Å². The number of piperidine rings is 1. The zero-order valence-corrected chi connectivity index (χ0v) is 22.6. The minimum absolute atomic E-state index is 0. The molecule has 198 valence electrons. The Morgan fingerprint density at radius 3 is 2.24 bits per heavy atom. The Labute approximate surface area is 225 Å². The van der Waals surface area contributed by atoms with Crippen LogP contribution >= 0.6 is 12.4 Å². The summed E-state index contributed by atoms with van der Waals surface area (Å²) in [6.45, 7) is 9.20. The van der Waals surface area contributed by atoms with Crippen LogP contribution in [0.5, 0.6) is 0 Å². The highest BCUT2D eigenvalue weighted by molar-refractivity contribution is 6.02. The van der Waals surface area contributed by atoms with E-state index in [0.717, 1.165) is 42.4 Å². The summed E-state index contributed by atoms with van der Waals surface area (Å²) >= 11 is 0. The fraction of sp³-hybridized carbons (Fsp3) is 0.448. The van der Waals surface area contributed by atoms with Crippen molar-refractivity contribution in [1.82, 2.24) is 14.4 Å². The van der Waals surface area contributed by atoms with Crippen LogP contribution in [0.15, 0.2) is 42.5 Å². The van der Waals surface area contributed by atoms with Crippen molar-refractivity contribution in [2.24, 2.45) is 5.73 Å². The maximum atomic E-state index is 13.8. The molecule has 2 aromatic carbocycles.